The Bertz CT molecular complexity index is 178. The summed E-state index contributed by atoms with van der Waals surface area (Å²) in [5.74, 6) is 0. The van der Waals surface area contributed by atoms with Gasteiger partial charge in [0.05, 0.1) is 6.61 Å². The van der Waals surface area contributed by atoms with E-state index >= 15 is 0 Å². The molecule has 0 aromatic carbocycles. The van der Waals surface area contributed by atoms with E-state index in [4.69, 9.17) is 4.74 Å². The molecule has 0 atom stereocenters. The van der Waals surface area contributed by atoms with Crippen LogP contribution in [0, 0.1) is 0 Å². The normalized spacial score (nSPS) is 12.3. The van der Waals surface area contributed by atoms with Gasteiger partial charge in [-0.25, -0.2) is 0 Å². The molecule has 18 heavy (non-hydrogen) atoms. The zero-order valence-corrected chi connectivity index (χ0v) is 13.2. The van der Waals surface area contributed by atoms with Crippen molar-refractivity contribution in [2.75, 3.05) is 39.9 Å². The van der Waals surface area contributed by atoms with Gasteiger partial charge < -0.3 is 15.0 Å². The molecule has 0 aliphatic rings. The van der Waals surface area contributed by atoms with Gasteiger partial charge in [-0.1, -0.05) is 12.8 Å². The fraction of sp³-hybridized carbons (Fsp3) is 1.00. The average molecular weight is 258 g/mol. The van der Waals surface area contributed by atoms with Gasteiger partial charge in [0.15, 0.2) is 0 Å². The van der Waals surface area contributed by atoms with E-state index < -0.39 is 0 Å². The summed E-state index contributed by atoms with van der Waals surface area (Å²) >= 11 is 0. The summed E-state index contributed by atoms with van der Waals surface area (Å²) in [4.78, 5) is 2.36. The molecule has 0 saturated carbocycles. The van der Waals surface area contributed by atoms with E-state index in [0.29, 0.717) is 0 Å². The number of nitrogens with zero attached hydrogens (tertiary/aromatic N) is 1. The second-order valence-corrected chi connectivity index (χ2v) is 6.09. The summed E-state index contributed by atoms with van der Waals surface area (Å²) in [6, 6.07) is 0. The highest BCUT2D eigenvalue weighted by atomic mass is 16.5. The minimum Gasteiger partial charge on any atom is -0.380 e. The van der Waals surface area contributed by atoms with E-state index in [9.17, 15) is 0 Å². The van der Waals surface area contributed by atoms with Gasteiger partial charge >= 0.3 is 0 Å². The fourth-order valence-electron chi connectivity index (χ4n) is 1.80. The number of rotatable bonds is 11. The molecule has 0 aromatic heterocycles. The Morgan fingerprint density at radius 3 is 2.28 bits per heavy atom. The lowest BCUT2D eigenvalue weighted by molar-refractivity contribution is 0.121. The van der Waals surface area contributed by atoms with Crippen molar-refractivity contribution in [3.8, 4) is 0 Å². The van der Waals surface area contributed by atoms with E-state index in [2.05, 4.69) is 38.0 Å². The molecule has 1 N–H and O–H groups in total. The molecule has 0 saturated heterocycles. The van der Waals surface area contributed by atoms with Crippen LogP contribution in [0.3, 0.4) is 0 Å². The third-order valence-electron chi connectivity index (χ3n) is 2.94. The number of likely N-dealkylation sites (N-methyl/N-ethyl adjacent to an activating group) is 1. The molecular weight excluding hydrogens is 224 g/mol. The van der Waals surface area contributed by atoms with Gasteiger partial charge in [0, 0.05) is 18.7 Å². The molecule has 0 heterocycles. The lowest BCUT2D eigenvalue weighted by Gasteiger charge is -2.20. The molecule has 110 valence electrons. The van der Waals surface area contributed by atoms with Crippen LogP contribution in [0.2, 0.25) is 0 Å². The first-order valence-corrected chi connectivity index (χ1v) is 7.47. The van der Waals surface area contributed by atoms with E-state index in [1.807, 2.05) is 6.92 Å². The molecule has 0 aromatic rings. The maximum absolute atomic E-state index is 5.35. The molecule has 0 aliphatic heterocycles. The summed E-state index contributed by atoms with van der Waals surface area (Å²) in [5, 5.41) is 3.53. The second kappa shape index (κ2) is 10.8. The van der Waals surface area contributed by atoms with Crippen LogP contribution >= 0.6 is 0 Å². The van der Waals surface area contributed by atoms with Crippen molar-refractivity contribution in [1.82, 2.24) is 10.2 Å². The zero-order chi connectivity index (χ0) is 13.9. The Balaban J connectivity index is 3.20. The Kier molecular flexibility index (Phi) is 10.7. The van der Waals surface area contributed by atoms with Crippen molar-refractivity contribution in [2.24, 2.45) is 0 Å². The van der Waals surface area contributed by atoms with Crippen LogP contribution in [0.25, 0.3) is 0 Å². The van der Waals surface area contributed by atoms with Crippen molar-refractivity contribution < 1.29 is 4.74 Å². The zero-order valence-electron chi connectivity index (χ0n) is 13.2. The molecular formula is C15H34N2O. The minimum atomic E-state index is 0.263. The van der Waals surface area contributed by atoms with Gasteiger partial charge in [-0.2, -0.15) is 0 Å². The van der Waals surface area contributed by atoms with Crippen molar-refractivity contribution >= 4 is 0 Å². The highest BCUT2D eigenvalue weighted by Gasteiger charge is 2.06. The van der Waals surface area contributed by atoms with Crippen LogP contribution in [-0.2, 0) is 4.74 Å². The SMILES string of the molecule is CCOCCN(C)CCCCCCNC(C)(C)C. The highest BCUT2D eigenvalue weighted by Crippen LogP contribution is 2.03. The fourth-order valence-corrected chi connectivity index (χ4v) is 1.80. The summed E-state index contributed by atoms with van der Waals surface area (Å²) in [6.45, 7) is 13.8. The molecule has 3 heteroatoms. The Morgan fingerprint density at radius 1 is 1.00 bits per heavy atom. The molecule has 0 spiro atoms. The molecule has 0 fully saturated rings. The van der Waals surface area contributed by atoms with Gasteiger partial charge in [0.1, 0.15) is 0 Å². The quantitative estimate of drug-likeness (QED) is 0.577. The van der Waals surface area contributed by atoms with Crippen molar-refractivity contribution in [1.29, 1.82) is 0 Å². The van der Waals surface area contributed by atoms with Gasteiger partial charge in [-0.3, -0.25) is 0 Å². The summed E-state index contributed by atoms with van der Waals surface area (Å²) in [7, 11) is 2.18. The van der Waals surface area contributed by atoms with Crippen molar-refractivity contribution in [3.63, 3.8) is 0 Å². The topological polar surface area (TPSA) is 24.5 Å². The Labute approximate surface area is 114 Å². The summed E-state index contributed by atoms with van der Waals surface area (Å²) in [5.41, 5.74) is 0.263. The lowest BCUT2D eigenvalue weighted by atomic mass is 10.1. The molecule has 0 bridgehead atoms. The number of ether oxygens (including phenoxy) is 1. The van der Waals surface area contributed by atoms with E-state index in [1.165, 1.54) is 32.2 Å². The molecule has 0 rings (SSSR count). The number of hydrogen-bond donors (Lipinski definition) is 1. The van der Waals surface area contributed by atoms with Crippen LogP contribution in [0.15, 0.2) is 0 Å². The smallest absolute Gasteiger partial charge is 0.0593 e. The third-order valence-corrected chi connectivity index (χ3v) is 2.94. The summed E-state index contributed by atoms with van der Waals surface area (Å²) < 4.78 is 5.35. The van der Waals surface area contributed by atoms with E-state index in [1.54, 1.807) is 0 Å². The molecule has 0 aliphatic carbocycles. The molecule has 3 nitrogen and oxygen atoms in total. The third kappa shape index (κ3) is 13.9. The first-order valence-electron chi connectivity index (χ1n) is 7.47. The van der Waals surface area contributed by atoms with Gasteiger partial charge in [-0.15, -0.1) is 0 Å². The predicted molar refractivity (Wildman–Crippen MR) is 80.2 cm³/mol. The Morgan fingerprint density at radius 2 is 1.67 bits per heavy atom. The van der Waals surface area contributed by atoms with E-state index in [0.717, 1.165) is 26.3 Å². The van der Waals surface area contributed by atoms with Crippen LogP contribution in [0.4, 0.5) is 0 Å². The largest absolute Gasteiger partial charge is 0.380 e. The molecule has 0 radical (unpaired) electrons. The average Bonchev–Trinajstić information content (AvgIpc) is 2.26. The van der Waals surface area contributed by atoms with Crippen LogP contribution in [-0.4, -0.2) is 50.3 Å². The minimum absolute atomic E-state index is 0.263. The number of hydrogen-bond acceptors (Lipinski definition) is 3. The Hall–Kier alpha value is -0.120. The molecule has 0 amide bonds. The number of unbranched alkanes of at least 4 members (excludes halogenated alkanes) is 3. The van der Waals surface area contributed by atoms with Gasteiger partial charge in [0.25, 0.3) is 0 Å². The van der Waals surface area contributed by atoms with Crippen molar-refractivity contribution in [2.45, 2.75) is 58.9 Å². The van der Waals surface area contributed by atoms with E-state index in [-0.39, 0.29) is 5.54 Å². The standard InChI is InChI=1S/C15H34N2O/c1-6-18-14-13-17(5)12-10-8-7-9-11-16-15(2,3)4/h16H,6-14H2,1-5H3. The lowest BCUT2D eigenvalue weighted by Crippen LogP contribution is -2.36. The first kappa shape index (κ1) is 17.9. The van der Waals surface area contributed by atoms with Crippen LogP contribution < -0.4 is 5.32 Å². The first-order chi connectivity index (χ1) is 8.45. The van der Waals surface area contributed by atoms with Crippen molar-refractivity contribution in [3.05, 3.63) is 0 Å². The second-order valence-electron chi connectivity index (χ2n) is 6.09. The molecule has 0 unspecified atom stereocenters. The highest BCUT2D eigenvalue weighted by molar-refractivity contribution is 4.69. The maximum atomic E-state index is 5.35. The maximum Gasteiger partial charge on any atom is 0.0593 e. The van der Waals surface area contributed by atoms with Crippen LogP contribution in [0.5, 0.6) is 0 Å². The van der Waals surface area contributed by atoms with Gasteiger partial charge in [-0.05, 0) is 60.7 Å². The summed E-state index contributed by atoms with van der Waals surface area (Å²) in [6.07, 6.45) is 5.27. The van der Waals surface area contributed by atoms with Gasteiger partial charge in [0.2, 0.25) is 0 Å². The monoisotopic (exact) mass is 258 g/mol. The number of nitrogens with one attached hydrogen (secondary N) is 1. The van der Waals surface area contributed by atoms with Crippen LogP contribution in [0.1, 0.15) is 53.4 Å². The predicted octanol–water partition coefficient (Wildman–Crippen LogP) is 2.90.